The van der Waals surface area contributed by atoms with Gasteiger partial charge in [0, 0.05) is 24.2 Å². The molecule has 1 unspecified atom stereocenters. The van der Waals surface area contributed by atoms with Crippen LogP contribution < -0.4 is 5.32 Å². The van der Waals surface area contributed by atoms with Crippen molar-refractivity contribution in [3.05, 3.63) is 34.3 Å². The van der Waals surface area contributed by atoms with E-state index in [0.717, 1.165) is 25.2 Å². The number of likely N-dealkylation sites (tertiary alicyclic amines) is 1. The number of halogens is 1. The number of ether oxygens (including phenoxy) is 1. The predicted molar refractivity (Wildman–Crippen MR) is 80.2 cm³/mol. The molecule has 1 aromatic carbocycles. The van der Waals surface area contributed by atoms with Crippen molar-refractivity contribution in [2.45, 2.75) is 25.4 Å². The highest BCUT2D eigenvalue weighted by molar-refractivity contribution is 6.31. The van der Waals surface area contributed by atoms with Crippen LogP contribution >= 0.6 is 11.6 Å². The van der Waals surface area contributed by atoms with Gasteiger partial charge in [0.05, 0.1) is 12.7 Å². The van der Waals surface area contributed by atoms with Gasteiger partial charge in [0.15, 0.2) is 0 Å². The molecule has 1 aliphatic rings. The molecule has 4 nitrogen and oxygen atoms in total. The van der Waals surface area contributed by atoms with E-state index < -0.39 is 0 Å². The first-order valence-corrected chi connectivity index (χ1v) is 7.28. The van der Waals surface area contributed by atoms with Crippen LogP contribution in [-0.4, -0.2) is 44.2 Å². The summed E-state index contributed by atoms with van der Waals surface area (Å²) in [4.78, 5) is 13.9. The van der Waals surface area contributed by atoms with E-state index in [2.05, 4.69) is 10.2 Å². The summed E-state index contributed by atoms with van der Waals surface area (Å²) < 4.78 is 4.75. The first-order valence-electron chi connectivity index (χ1n) is 6.90. The summed E-state index contributed by atoms with van der Waals surface area (Å²) in [7, 11) is 3.39. The number of carbonyl (C=O) groups excluding carboxylic acids is 1. The van der Waals surface area contributed by atoms with E-state index in [1.165, 1.54) is 20.0 Å². The van der Waals surface area contributed by atoms with Crippen LogP contribution in [0.15, 0.2) is 18.2 Å². The minimum Gasteiger partial charge on any atom is -0.465 e. The molecule has 1 atom stereocenters. The van der Waals surface area contributed by atoms with Crippen LogP contribution in [0.25, 0.3) is 0 Å². The Morgan fingerprint density at radius 1 is 1.55 bits per heavy atom. The van der Waals surface area contributed by atoms with Crippen LogP contribution in [0, 0.1) is 0 Å². The number of nitrogens with one attached hydrogen (secondary N) is 1. The summed E-state index contributed by atoms with van der Waals surface area (Å²) in [6, 6.07) is 5.83. The molecule has 110 valence electrons. The van der Waals surface area contributed by atoms with Gasteiger partial charge in [-0.05, 0) is 50.2 Å². The topological polar surface area (TPSA) is 41.6 Å². The zero-order chi connectivity index (χ0) is 14.5. The van der Waals surface area contributed by atoms with E-state index in [9.17, 15) is 4.79 Å². The minimum atomic E-state index is -0.324. The van der Waals surface area contributed by atoms with Crippen LogP contribution in [0.2, 0.25) is 5.02 Å². The average molecular weight is 297 g/mol. The smallest absolute Gasteiger partial charge is 0.337 e. The summed E-state index contributed by atoms with van der Waals surface area (Å²) in [5.41, 5.74) is 1.53. The Balaban J connectivity index is 2.10. The van der Waals surface area contributed by atoms with E-state index in [0.29, 0.717) is 16.6 Å². The van der Waals surface area contributed by atoms with Gasteiger partial charge in [-0.15, -0.1) is 0 Å². The lowest BCUT2D eigenvalue weighted by atomic mass is 10.0. The molecule has 20 heavy (non-hydrogen) atoms. The maximum atomic E-state index is 11.6. The normalized spacial score (nSPS) is 19.9. The third kappa shape index (κ3) is 3.72. The summed E-state index contributed by atoms with van der Waals surface area (Å²) in [6.45, 7) is 2.84. The predicted octanol–water partition coefficient (Wildman–Crippen LogP) is 2.31. The Kier molecular flexibility index (Phi) is 5.40. The molecular formula is C15H21ClN2O2. The largest absolute Gasteiger partial charge is 0.465 e. The molecule has 0 bridgehead atoms. The number of benzene rings is 1. The highest BCUT2D eigenvalue weighted by atomic mass is 35.5. The van der Waals surface area contributed by atoms with Crippen molar-refractivity contribution in [1.82, 2.24) is 10.2 Å². The second-order valence-corrected chi connectivity index (χ2v) is 5.57. The standard InChI is InChI=1S/C15H21ClN2O2/c1-17-13-4-3-7-18(10-13)9-12-8-11(15(19)20-2)5-6-14(12)16/h5-6,8,13,17H,3-4,7,9-10H2,1-2H3. The molecule has 0 spiro atoms. The molecule has 0 saturated carbocycles. The molecule has 1 aliphatic heterocycles. The molecule has 1 aromatic rings. The van der Waals surface area contributed by atoms with E-state index >= 15 is 0 Å². The summed E-state index contributed by atoms with van der Waals surface area (Å²) in [5.74, 6) is -0.324. The lowest BCUT2D eigenvalue weighted by Gasteiger charge is -2.32. The molecule has 0 amide bonds. The highest BCUT2D eigenvalue weighted by Crippen LogP contribution is 2.22. The van der Waals surface area contributed by atoms with Gasteiger partial charge in [0.1, 0.15) is 0 Å². The zero-order valence-electron chi connectivity index (χ0n) is 12.0. The van der Waals surface area contributed by atoms with E-state index in [1.54, 1.807) is 12.1 Å². The van der Waals surface area contributed by atoms with E-state index in [-0.39, 0.29) is 5.97 Å². The molecule has 1 saturated heterocycles. The lowest BCUT2D eigenvalue weighted by Crippen LogP contribution is -2.43. The third-order valence-electron chi connectivity index (χ3n) is 3.77. The second kappa shape index (κ2) is 7.07. The minimum absolute atomic E-state index is 0.324. The number of likely N-dealkylation sites (N-methyl/N-ethyl adjacent to an activating group) is 1. The highest BCUT2D eigenvalue weighted by Gasteiger charge is 2.19. The van der Waals surface area contributed by atoms with Gasteiger partial charge < -0.3 is 10.1 Å². The Labute approximate surface area is 125 Å². The fraction of sp³-hybridized carbons (Fsp3) is 0.533. The Hall–Kier alpha value is -1.10. The number of methoxy groups -OCH3 is 1. The monoisotopic (exact) mass is 296 g/mol. The molecule has 2 rings (SSSR count). The van der Waals surface area contributed by atoms with Crippen LogP contribution in [0.4, 0.5) is 0 Å². The number of piperidine rings is 1. The van der Waals surface area contributed by atoms with Gasteiger partial charge in [-0.1, -0.05) is 11.6 Å². The van der Waals surface area contributed by atoms with Gasteiger partial charge in [0.2, 0.25) is 0 Å². The quantitative estimate of drug-likeness (QED) is 0.866. The second-order valence-electron chi connectivity index (χ2n) is 5.16. The van der Waals surface area contributed by atoms with Crippen LogP contribution in [0.5, 0.6) is 0 Å². The van der Waals surface area contributed by atoms with Gasteiger partial charge in [-0.2, -0.15) is 0 Å². The van der Waals surface area contributed by atoms with Crippen molar-refractivity contribution in [3.8, 4) is 0 Å². The molecule has 0 aliphatic carbocycles. The van der Waals surface area contributed by atoms with Gasteiger partial charge in [0.25, 0.3) is 0 Å². The summed E-state index contributed by atoms with van der Waals surface area (Å²) >= 11 is 6.24. The van der Waals surface area contributed by atoms with Crippen molar-refractivity contribution in [2.24, 2.45) is 0 Å². The SMILES string of the molecule is CNC1CCCN(Cc2cc(C(=O)OC)ccc2Cl)C1. The van der Waals surface area contributed by atoms with Gasteiger partial charge in [-0.3, -0.25) is 4.90 Å². The van der Waals surface area contributed by atoms with Gasteiger partial charge in [-0.25, -0.2) is 4.79 Å². The number of esters is 1. The lowest BCUT2D eigenvalue weighted by molar-refractivity contribution is 0.0600. The fourth-order valence-electron chi connectivity index (χ4n) is 2.62. The van der Waals surface area contributed by atoms with Crippen LogP contribution in [0.1, 0.15) is 28.8 Å². The molecule has 5 heteroatoms. The van der Waals surface area contributed by atoms with Crippen LogP contribution in [-0.2, 0) is 11.3 Å². The Morgan fingerprint density at radius 2 is 2.35 bits per heavy atom. The zero-order valence-corrected chi connectivity index (χ0v) is 12.7. The third-order valence-corrected chi connectivity index (χ3v) is 4.14. The number of nitrogens with zero attached hydrogens (tertiary/aromatic N) is 1. The van der Waals surface area contributed by atoms with Crippen molar-refractivity contribution < 1.29 is 9.53 Å². The first-order chi connectivity index (χ1) is 9.63. The molecule has 1 fully saturated rings. The number of hydrogen-bond donors (Lipinski definition) is 1. The van der Waals surface area contributed by atoms with Crippen molar-refractivity contribution in [1.29, 1.82) is 0 Å². The molecule has 1 N–H and O–H groups in total. The summed E-state index contributed by atoms with van der Waals surface area (Å²) in [5, 5.41) is 4.02. The van der Waals surface area contributed by atoms with Crippen molar-refractivity contribution >= 4 is 17.6 Å². The number of carbonyl (C=O) groups is 1. The Morgan fingerprint density at radius 3 is 3.05 bits per heavy atom. The molecule has 0 aromatic heterocycles. The van der Waals surface area contributed by atoms with Crippen molar-refractivity contribution in [3.63, 3.8) is 0 Å². The number of rotatable bonds is 4. The number of hydrogen-bond acceptors (Lipinski definition) is 4. The average Bonchev–Trinajstić information content (AvgIpc) is 2.49. The maximum Gasteiger partial charge on any atom is 0.337 e. The first kappa shape index (κ1) is 15.3. The maximum absolute atomic E-state index is 11.6. The van der Waals surface area contributed by atoms with E-state index in [1.807, 2.05) is 13.1 Å². The molecule has 1 heterocycles. The summed E-state index contributed by atoms with van der Waals surface area (Å²) in [6.07, 6.45) is 2.39. The fourth-order valence-corrected chi connectivity index (χ4v) is 2.79. The Bertz CT molecular complexity index is 479. The van der Waals surface area contributed by atoms with E-state index in [4.69, 9.17) is 16.3 Å². The molecular weight excluding hydrogens is 276 g/mol. The van der Waals surface area contributed by atoms with Crippen LogP contribution in [0.3, 0.4) is 0 Å². The molecule has 0 radical (unpaired) electrons. The van der Waals surface area contributed by atoms with Crippen molar-refractivity contribution in [2.75, 3.05) is 27.2 Å². The van der Waals surface area contributed by atoms with Gasteiger partial charge >= 0.3 is 5.97 Å².